The smallest absolute Gasteiger partial charge is 0.266 e. The molecule has 0 saturated heterocycles. The Balaban J connectivity index is 2.73. The SMILES string of the molecule is CC(=O)C1=CNC=C([N+](=O)[O-])C1. The number of nitrogens with zero attached hydrogens (tertiary/aromatic N) is 1. The lowest BCUT2D eigenvalue weighted by atomic mass is 10.1. The standard InChI is InChI=1S/C7H8N2O3/c1-5(10)6-2-7(9(11)12)4-8-3-6/h3-4,8H,2H2,1H3. The number of rotatable bonds is 2. The molecule has 1 heterocycles. The Hall–Kier alpha value is -1.65. The lowest BCUT2D eigenvalue weighted by Crippen LogP contribution is -2.14. The van der Waals surface area contributed by atoms with E-state index < -0.39 is 4.92 Å². The first-order chi connectivity index (χ1) is 5.61. The highest BCUT2D eigenvalue weighted by molar-refractivity contribution is 5.93. The number of Topliss-reactive ketones (excluding diaryl/α,β-unsaturated/α-hetero) is 1. The van der Waals surface area contributed by atoms with Crippen LogP contribution in [0.5, 0.6) is 0 Å². The van der Waals surface area contributed by atoms with Gasteiger partial charge >= 0.3 is 0 Å². The summed E-state index contributed by atoms with van der Waals surface area (Å²) in [5, 5.41) is 12.8. The number of carbonyl (C=O) groups excluding carboxylic acids is 1. The number of carbonyl (C=O) groups is 1. The van der Waals surface area contributed by atoms with Gasteiger partial charge in [-0.1, -0.05) is 0 Å². The van der Waals surface area contributed by atoms with Crippen molar-refractivity contribution in [3.8, 4) is 0 Å². The van der Waals surface area contributed by atoms with Gasteiger partial charge in [-0.25, -0.2) is 0 Å². The summed E-state index contributed by atoms with van der Waals surface area (Å²) in [6.07, 6.45) is 2.87. The molecule has 0 saturated carbocycles. The van der Waals surface area contributed by atoms with Crippen LogP contribution in [0.2, 0.25) is 0 Å². The first-order valence-electron chi connectivity index (χ1n) is 3.40. The second-order valence-corrected chi connectivity index (χ2v) is 2.46. The normalized spacial score (nSPS) is 15.8. The van der Waals surface area contributed by atoms with E-state index in [9.17, 15) is 14.9 Å². The predicted octanol–water partition coefficient (Wildman–Crippen LogP) is 0.571. The maximum atomic E-state index is 10.8. The molecule has 0 radical (unpaired) electrons. The van der Waals surface area contributed by atoms with Gasteiger partial charge in [0, 0.05) is 11.8 Å². The molecule has 0 spiro atoms. The number of nitro groups is 1. The third-order valence-corrected chi connectivity index (χ3v) is 1.57. The van der Waals surface area contributed by atoms with Crippen molar-refractivity contribution in [2.24, 2.45) is 0 Å². The Labute approximate surface area is 68.9 Å². The van der Waals surface area contributed by atoms with Gasteiger partial charge < -0.3 is 5.32 Å². The Morgan fingerprint density at radius 3 is 2.83 bits per heavy atom. The Morgan fingerprint density at radius 2 is 2.33 bits per heavy atom. The van der Waals surface area contributed by atoms with E-state index in [0.29, 0.717) is 5.57 Å². The summed E-state index contributed by atoms with van der Waals surface area (Å²) in [5.74, 6) is -0.144. The molecule has 1 aliphatic rings. The molecule has 0 aromatic carbocycles. The van der Waals surface area contributed by atoms with Crippen LogP contribution in [0.15, 0.2) is 23.7 Å². The molecule has 0 fully saturated rings. The van der Waals surface area contributed by atoms with E-state index in [0.717, 1.165) is 0 Å². The Morgan fingerprint density at radius 1 is 1.67 bits per heavy atom. The van der Waals surface area contributed by atoms with Crippen LogP contribution < -0.4 is 5.32 Å². The van der Waals surface area contributed by atoms with Gasteiger partial charge in [-0.2, -0.15) is 0 Å². The van der Waals surface area contributed by atoms with Crippen molar-refractivity contribution in [3.63, 3.8) is 0 Å². The fourth-order valence-corrected chi connectivity index (χ4v) is 0.879. The van der Waals surface area contributed by atoms with Gasteiger partial charge in [-0.05, 0) is 6.92 Å². The third-order valence-electron chi connectivity index (χ3n) is 1.57. The Bertz CT molecular complexity index is 263. The van der Waals surface area contributed by atoms with Crippen molar-refractivity contribution in [3.05, 3.63) is 33.8 Å². The van der Waals surface area contributed by atoms with Crippen molar-refractivity contribution >= 4 is 5.78 Å². The molecule has 0 bridgehead atoms. The van der Waals surface area contributed by atoms with Crippen molar-refractivity contribution in [2.75, 3.05) is 0 Å². The zero-order valence-electron chi connectivity index (χ0n) is 6.53. The minimum atomic E-state index is -0.497. The van der Waals surface area contributed by atoms with Crippen molar-refractivity contribution in [2.45, 2.75) is 13.3 Å². The summed E-state index contributed by atoms with van der Waals surface area (Å²) < 4.78 is 0. The zero-order chi connectivity index (χ0) is 9.14. The van der Waals surface area contributed by atoms with Gasteiger partial charge in [0.25, 0.3) is 5.70 Å². The fourth-order valence-electron chi connectivity index (χ4n) is 0.879. The lowest BCUT2D eigenvalue weighted by Gasteiger charge is -2.06. The highest BCUT2D eigenvalue weighted by atomic mass is 16.6. The van der Waals surface area contributed by atoms with Crippen LogP contribution in [0.4, 0.5) is 0 Å². The van der Waals surface area contributed by atoms with Gasteiger partial charge in [-0.3, -0.25) is 14.9 Å². The number of ketones is 1. The molecular weight excluding hydrogens is 160 g/mol. The molecule has 0 aromatic heterocycles. The van der Waals surface area contributed by atoms with Crippen LogP contribution in [0.25, 0.3) is 0 Å². The minimum Gasteiger partial charge on any atom is -0.362 e. The molecule has 1 N–H and O–H groups in total. The van der Waals surface area contributed by atoms with Crippen LogP contribution in [0, 0.1) is 10.1 Å². The van der Waals surface area contributed by atoms with Crippen molar-refractivity contribution in [1.29, 1.82) is 0 Å². The van der Waals surface area contributed by atoms with Gasteiger partial charge in [-0.15, -0.1) is 0 Å². The molecule has 0 atom stereocenters. The zero-order valence-corrected chi connectivity index (χ0v) is 6.53. The molecule has 0 amide bonds. The molecule has 12 heavy (non-hydrogen) atoms. The highest BCUT2D eigenvalue weighted by Gasteiger charge is 2.18. The first-order valence-corrected chi connectivity index (χ1v) is 3.40. The van der Waals surface area contributed by atoms with Crippen LogP contribution in [0.1, 0.15) is 13.3 Å². The number of hydrogen-bond acceptors (Lipinski definition) is 4. The van der Waals surface area contributed by atoms with E-state index in [1.807, 2.05) is 0 Å². The summed E-state index contributed by atoms with van der Waals surface area (Å²) in [6.45, 7) is 1.39. The molecular formula is C7H8N2O3. The summed E-state index contributed by atoms with van der Waals surface area (Å²) in [5.41, 5.74) is 0.451. The van der Waals surface area contributed by atoms with E-state index in [4.69, 9.17) is 0 Å². The third kappa shape index (κ3) is 1.69. The van der Waals surface area contributed by atoms with Crippen LogP contribution in [-0.2, 0) is 4.79 Å². The van der Waals surface area contributed by atoms with Crippen molar-refractivity contribution < 1.29 is 9.72 Å². The second kappa shape index (κ2) is 3.17. The molecule has 0 aliphatic carbocycles. The maximum absolute atomic E-state index is 10.8. The number of dihydropyridines is 1. The summed E-state index contributed by atoms with van der Waals surface area (Å²) in [7, 11) is 0. The number of hydrogen-bond donors (Lipinski definition) is 1. The summed E-state index contributed by atoms with van der Waals surface area (Å²) in [6, 6.07) is 0. The molecule has 5 heteroatoms. The monoisotopic (exact) mass is 168 g/mol. The molecule has 0 aromatic rings. The van der Waals surface area contributed by atoms with Crippen LogP contribution in [0.3, 0.4) is 0 Å². The average molecular weight is 168 g/mol. The fraction of sp³-hybridized carbons (Fsp3) is 0.286. The topological polar surface area (TPSA) is 72.2 Å². The molecule has 1 rings (SSSR count). The van der Waals surface area contributed by atoms with E-state index in [2.05, 4.69) is 5.32 Å². The van der Waals surface area contributed by atoms with E-state index in [-0.39, 0.29) is 17.9 Å². The van der Waals surface area contributed by atoms with Crippen LogP contribution >= 0.6 is 0 Å². The first kappa shape index (κ1) is 8.45. The number of allylic oxidation sites excluding steroid dienone is 1. The van der Waals surface area contributed by atoms with Gasteiger partial charge in [0.05, 0.1) is 17.5 Å². The van der Waals surface area contributed by atoms with Gasteiger partial charge in [0.2, 0.25) is 0 Å². The molecule has 64 valence electrons. The number of nitrogens with one attached hydrogen (secondary N) is 1. The summed E-state index contributed by atoms with van der Waals surface area (Å²) in [4.78, 5) is 20.6. The maximum Gasteiger partial charge on any atom is 0.266 e. The summed E-state index contributed by atoms with van der Waals surface area (Å²) >= 11 is 0. The minimum absolute atomic E-state index is 0.0164. The molecule has 1 aliphatic heterocycles. The molecule has 0 unspecified atom stereocenters. The van der Waals surface area contributed by atoms with E-state index in [1.54, 1.807) is 0 Å². The van der Waals surface area contributed by atoms with Gasteiger partial charge in [0.15, 0.2) is 5.78 Å². The van der Waals surface area contributed by atoms with Crippen molar-refractivity contribution in [1.82, 2.24) is 5.32 Å². The largest absolute Gasteiger partial charge is 0.362 e. The quantitative estimate of drug-likeness (QED) is 0.483. The average Bonchev–Trinajstić information content (AvgIpc) is 2.04. The van der Waals surface area contributed by atoms with Gasteiger partial charge in [0.1, 0.15) is 0 Å². The lowest BCUT2D eigenvalue weighted by molar-refractivity contribution is -0.427. The van der Waals surface area contributed by atoms with E-state index in [1.165, 1.54) is 19.3 Å². The highest BCUT2D eigenvalue weighted by Crippen LogP contribution is 2.14. The van der Waals surface area contributed by atoms with E-state index >= 15 is 0 Å². The molecule has 5 nitrogen and oxygen atoms in total. The Kier molecular flexibility index (Phi) is 2.23. The second-order valence-electron chi connectivity index (χ2n) is 2.46. The predicted molar refractivity (Wildman–Crippen MR) is 41.6 cm³/mol. The van der Waals surface area contributed by atoms with Crippen LogP contribution in [-0.4, -0.2) is 10.7 Å².